The molecular formula is C41H27FN2. The molecule has 0 spiro atoms. The Morgan fingerprint density at radius 3 is 1.59 bits per heavy atom. The lowest BCUT2D eigenvalue weighted by Crippen LogP contribution is -2.11. The molecule has 8 aromatic rings. The van der Waals surface area contributed by atoms with Crippen molar-refractivity contribution >= 4 is 49.5 Å². The third kappa shape index (κ3) is 4.38. The monoisotopic (exact) mass is 566 g/mol. The maximum atomic E-state index is 14.2. The van der Waals surface area contributed by atoms with Crippen LogP contribution in [0.3, 0.4) is 0 Å². The zero-order valence-corrected chi connectivity index (χ0v) is 23.9. The van der Waals surface area contributed by atoms with Gasteiger partial charge in [-0.25, -0.2) is 4.98 Å². The van der Waals surface area contributed by atoms with Gasteiger partial charge in [0, 0.05) is 11.4 Å². The molecule has 0 unspecified atom stereocenters. The van der Waals surface area contributed by atoms with Crippen LogP contribution in [0.5, 0.6) is 0 Å². The zero-order chi connectivity index (χ0) is 29.5. The Labute approximate surface area is 255 Å². The number of hydrogen-bond donors (Lipinski definition) is 0. The average molecular weight is 567 g/mol. The minimum atomic E-state index is -0.510. The summed E-state index contributed by atoms with van der Waals surface area (Å²) in [6.07, 6.45) is 0. The first-order valence-corrected chi connectivity index (χ1v) is 14.8. The summed E-state index contributed by atoms with van der Waals surface area (Å²) in [6, 6.07) is 56.0. The quantitative estimate of drug-likeness (QED) is 0.152. The van der Waals surface area contributed by atoms with Crippen molar-refractivity contribution in [2.24, 2.45) is 0 Å². The summed E-state index contributed by atoms with van der Waals surface area (Å²) in [5.74, 6) is 0.0172. The van der Waals surface area contributed by atoms with Crippen LogP contribution in [0.1, 0.15) is 0 Å². The van der Waals surface area contributed by atoms with Gasteiger partial charge in [-0.05, 0) is 91.0 Å². The summed E-state index contributed by atoms with van der Waals surface area (Å²) < 4.78 is 14.2. The average Bonchev–Trinajstić information content (AvgIpc) is 3.08. The molecule has 1 heterocycles. The molecule has 0 saturated heterocycles. The highest BCUT2D eigenvalue weighted by Crippen LogP contribution is 2.45. The van der Waals surface area contributed by atoms with Crippen molar-refractivity contribution in [2.45, 2.75) is 0 Å². The van der Waals surface area contributed by atoms with E-state index in [9.17, 15) is 4.39 Å². The van der Waals surface area contributed by atoms with Gasteiger partial charge in [-0.2, -0.15) is 4.39 Å². The van der Waals surface area contributed by atoms with E-state index in [1.54, 1.807) is 6.07 Å². The van der Waals surface area contributed by atoms with E-state index in [2.05, 4.69) is 120 Å². The summed E-state index contributed by atoms with van der Waals surface area (Å²) in [5, 5.41) is 7.32. The highest BCUT2D eigenvalue weighted by Gasteiger charge is 2.19. The van der Waals surface area contributed by atoms with E-state index in [1.165, 1.54) is 55.1 Å². The van der Waals surface area contributed by atoms with Crippen LogP contribution in [0.25, 0.3) is 54.6 Å². The van der Waals surface area contributed by atoms with E-state index in [0.717, 1.165) is 16.9 Å². The Kier molecular flexibility index (Phi) is 6.35. The van der Waals surface area contributed by atoms with Crippen molar-refractivity contribution in [1.82, 2.24) is 4.98 Å². The topological polar surface area (TPSA) is 16.1 Å². The Morgan fingerprint density at radius 2 is 0.932 bits per heavy atom. The highest BCUT2D eigenvalue weighted by molar-refractivity contribution is 6.23. The predicted molar refractivity (Wildman–Crippen MR) is 182 cm³/mol. The minimum Gasteiger partial charge on any atom is -0.295 e. The van der Waals surface area contributed by atoms with E-state index in [4.69, 9.17) is 0 Å². The van der Waals surface area contributed by atoms with Crippen LogP contribution in [0.15, 0.2) is 164 Å². The summed E-state index contributed by atoms with van der Waals surface area (Å²) in [5.41, 5.74) is 6.61. The number of fused-ring (bicyclic) bond motifs is 3. The molecule has 0 aliphatic heterocycles. The molecule has 0 aliphatic carbocycles. The summed E-state index contributed by atoms with van der Waals surface area (Å²) >= 11 is 0. The van der Waals surface area contributed by atoms with Crippen molar-refractivity contribution in [3.63, 3.8) is 0 Å². The first-order chi connectivity index (χ1) is 21.8. The van der Waals surface area contributed by atoms with Gasteiger partial charge in [0.1, 0.15) is 5.82 Å². The molecule has 44 heavy (non-hydrogen) atoms. The number of benzene rings is 7. The number of aromatic nitrogens is 1. The van der Waals surface area contributed by atoms with Crippen molar-refractivity contribution in [3.05, 3.63) is 170 Å². The van der Waals surface area contributed by atoms with Crippen molar-refractivity contribution in [3.8, 4) is 22.3 Å². The molecule has 8 rings (SSSR count). The van der Waals surface area contributed by atoms with Gasteiger partial charge in [0.25, 0.3) is 0 Å². The Morgan fingerprint density at radius 1 is 0.409 bits per heavy atom. The molecule has 3 heteroatoms. The van der Waals surface area contributed by atoms with E-state index in [-0.39, 0.29) is 0 Å². The van der Waals surface area contributed by atoms with Crippen LogP contribution in [0.2, 0.25) is 0 Å². The van der Waals surface area contributed by atoms with E-state index < -0.39 is 5.95 Å². The lowest BCUT2D eigenvalue weighted by atomic mass is 9.85. The van der Waals surface area contributed by atoms with Gasteiger partial charge in [0.15, 0.2) is 0 Å². The van der Waals surface area contributed by atoms with E-state index in [1.807, 2.05) is 41.3 Å². The van der Waals surface area contributed by atoms with Gasteiger partial charge < -0.3 is 0 Å². The first kappa shape index (κ1) is 25.9. The summed E-state index contributed by atoms with van der Waals surface area (Å²) in [4.78, 5) is 6.19. The van der Waals surface area contributed by atoms with Crippen LogP contribution in [0.4, 0.5) is 21.6 Å². The number of pyridine rings is 1. The Hall–Kier alpha value is -5.80. The van der Waals surface area contributed by atoms with Gasteiger partial charge in [0.05, 0.1) is 0 Å². The molecule has 0 amide bonds. The molecule has 0 aliphatic rings. The fourth-order valence-electron chi connectivity index (χ4n) is 6.46. The molecule has 2 nitrogen and oxygen atoms in total. The molecular weight excluding hydrogens is 539 g/mol. The van der Waals surface area contributed by atoms with E-state index >= 15 is 0 Å². The van der Waals surface area contributed by atoms with Crippen LogP contribution >= 0.6 is 0 Å². The molecule has 1 aromatic heterocycles. The summed E-state index contributed by atoms with van der Waals surface area (Å²) in [6.45, 7) is 0. The molecule has 0 radical (unpaired) electrons. The second-order valence-electron chi connectivity index (χ2n) is 10.9. The van der Waals surface area contributed by atoms with Crippen molar-refractivity contribution in [1.29, 1.82) is 0 Å². The highest BCUT2D eigenvalue weighted by atomic mass is 19.1. The Balaban J connectivity index is 1.34. The standard InChI is InChI=1S/C41H27FN2/c42-38-22-11-23-39(43-38)44(30-14-2-1-3-15-30)31-26-24-29(25-27-31)40-34-17-6-8-19-36(34)41(37-20-9-7-18-35(37)40)33-21-10-13-28-12-4-5-16-32(28)33/h1-27H. The molecule has 0 saturated carbocycles. The number of anilines is 3. The molecule has 0 fully saturated rings. The number of hydrogen-bond acceptors (Lipinski definition) is 2. The smallest absolute Gasteiger partial charge is 0.214 e. The van der Waals surface area contributed by atoms with Crippen LogP contribution < -0.4 is 4.90 Å². The summed E-state index contributed by atoms with van der Waals surface area (Å²) in [7, 11) is 0. The van der Waals surface area contributed by atoms with Crippen LogP contribution in [-0.2, 0) is 0 Å². The second kappa shape index (κ2) is 10.8. The molecule has 0 N–H and O–H groups in total. The van der Waals surface area contributed by atoms with Gasteiger partial charge in [0.2, 0.25) is 5.95 Å². The second-order valence-corrected chi connectivity index (χ2v) is 10.9. The lowest BCUT2D eigenvalue weighted by Gasteiger charge is -2.24. The van der Waals surface area contributed by atoms with Gasteiger partial charge in [-0.1, -0.05) is 127 Å². The van der Waals surface area contributed by atoms with E-state index in [0.29, 0.717) is 5.82 Å². The molecule has 7 aromatic carbocycles. The number of halogens is 1. The maximum Gasteiger partial charge on any atom is 0.214 e. The van der Waals surface area contributed by atoms with Gasteiger partial charge >= 0.3 is 0 Å². The zero-order valence-electron chi connectivity index (χ0n) is 23.9. The van der Waals surface area contributed by atoms with Crippen molar-refractivity contribution < 1.29 is 4.39 Å². The first-order valence-electron chi connectivity index (χ1n) is 14.8. The van der Waals surface area contributed by atoms with Crippen molar-refractivity contribution in [2.75, 3.05) is 4.90 Å². The maximum absolute atomic E-state index is 14.2. The van der Waals surface area contributed by atoms with Crippen LogP contribution in [0, 0.1) is 5.95 Å². The van der Waals surface area contributed by atoms with Gasteiger partial charge in [-0.15, -0.1) is 0 Å². The third-order valence-corrected chi connectivity index (χ3v) is 8.35. The lowest BCUT2D eigenvalue weighted by molar-refractivity contribution is 0.584. The SMILES string of the molecule is Fc1cccc(N(c2ccccc2)c2ccc(-c3c4ccccc4c(-c4cccc5ccccc45)c4ccccc34)cc2)n1. The largest absolute Gasteiger partial charge is 0.295 e. The number of para-hydroxylation sites is 1. The fourth-order valence-corrected chi connectivity index (χ4v) is 6.46. The number of nitrogens with zero attached hydrogens (tertiary/aromatic N) is 2. The predicted octanol–water partition coefficient (Wildman–Crippen LogP) is 11.5. The normalized spacial score (nSPS) is 11.3. The third-order valence-electron chi connectivity index (χ3n) is 8.35. The van der Waals surface area contributed by atoms with Gasteiger partial charge in [-0.3, -0.25) is 4.90 Å². The van der Waals surface area contributed by atoms with Crippen LogP contribution in [-0.4, -0.2) is 4.98 Å². The minimum absolute atomic E-state index is 0.510. The molecule has 0 atom stereocenters. The fraction of sp³-hybridized carbons (Fsp3) is 0. The number of rotatable bonds is 5. The molecule has 0 bridgehead atoms. The molecule has 208 valence electrons. The Bertz CT molecular complexity index is 2230.